The molecule has 18 heavy (non-hydrogen) atoms. The summed E-state index contributed by atoms with van der Waals surface area (Å²) in [6, 6.07) is 0.472. The summed E-state index contributed by atoms with van der Waals surface area (Å²) < 4.78 is 0. The molecule has 2 N–H and O–H groups in total. The molecule has 2 unspecified atom stereocenters. The largest absolute Gasteiger partial charge is 0.362 e. The minimum Gasteiger partial charge on any atom is -0.362 e. The molecule has 1 aliphatic heterocycles. The molecular formula is C13H25N3OS. The van der Waals surface area contributed by atoms with Gasteiger partial charge in [-0.1, -0.05) is 32.5 Å². The van der Waals surface area contributed by atoms with E-state index in [1.165, 1.54) is 0 Å². The first kappa shape index (κ1) is 15.3. The van der Waals surface area contributed by atoms with Gasteiger partial charge in [-0.15, -0.1) is 0 Å². The molecule has 0 aliphatic carbocycles. The first-order chi connectivity index (χ1) is 8.49. The smallest absolute Gasteiger partial charge is 0.221 e. The fourth-order valence-corrected chi connectivity index (χ4v) is 2.65. The van der Waals surface area contributed by atoms with E-state index >= 15 is 0 Å². The number of nitrogens with zero attached hydrogens (tertiary/aromatic N) is 1. The van der Waals surface area contributed by atoms with Crippen LogP contribution in [0.3, 0.4) is 0 Å². The van der Waals surface area contributed by atoms with Crippen molar-refractivity contribution in [2.75, 3.05) is 18.8 Å². The second-order valence-electron chi connectivity index (χ2n) is 5.36. The van der Waals surface area contributed by atoms with E-state index in [0.29, 0.717) is 30.8 Å². The Kier molecular flexibility index (Phi) is 6.54. The van der Waals surface area contributed by atoms with Gasteiger partial charge in [0.25, 0.3) is 0 Å². The summed E-state index contributed by atoms with van der Waals surface area (Å²) in [6.07, 6.45) is 0.475. The van der Waals surface area contributed by atoms with Crippen LogP contribution in [0, 0.1) is 11.8 Å². The number of aliphatic imine (C=N–C) groups is 1. The van der Waals surface area contributed by atoms with Gasteiger partial charge in [0.15, 0.2) is 5.17 Å². The van der Waals surface area contributed by atoms with Gasteiger partial charge in [0, 0.05) is 24.8 Å². The fourth-order valence-electron chi connectivity index (χ4n) is 1.49. The van der Waals surface area contributed by atoms with Crippen molar-refractivity contribution in [3.05, 3.63) is 0 Å². The van der Waals surface area contributed by atoms with E-state index in [-0.39, 0.29) is 5.91 Å². The molecule has 1 aliphatic rings. The van der Waals surface area contributed by atoms with Crippen molar-refractivity contribution in [3.63, 3.8) is 0 Å². The van der Waals surface area contributed by atoms with Crippen LogP contribution in [0.15, 0.2) is 4.99 Å². The molecule has 0 aromatic rings. The average Bonchev–Trinajstić information content (AvgIpc) is 2.31. The van der Waals surface area contributed by atoms with Gasteiger partial charge in [0.2, 0.25) is 5.91 Å². The third-order valence-corrected chi connectivity index (χ3v) is 4.20. The normalized spacial score (nSPS) is 26.2. The van der Waals surface area contributed by atoms with Crippen molar-refractivity contribution in [3.8, 4) is 0 Å². The molecule has 0 aromatic carbocycles. The highest BCUT2D eigenvalue weighted by molar-refractivity contribution is 8.13. The van der Waals surface area contributed by atoms with Gasteiger partial charge in [0.1, 0.15) is 0 Å². The van der Waals surface area contributed by atoms with Crippen molar-refractivity contribution in [1.29, 1.82) is 0 Å². The summed E-state index contributed by atoms with van der Waals surface area (Å²) in [6.45, 7) is 9.91. The van der Waals surface area contributed by atoms with Crippen molar-refractivity contribution < 1.29 is 4.79 Å². The van der Waals surface area contributed by atoms with Gasteiger partial charge in [-0.25, -0.2) is 0 Å². The minimum absolute atomic E-state index is 0.0928. The highest BCUT2D eigenvalue weighted by Crippen LogP contribution is 2.19. The Morgan fingerprint density at radius 2 is 2.28 bits per heavy atom. The lowest BCUT2D eigenvalue weighted by molar-refractivity contribution is -0.121. The van der Waals surface area contributed by atoms with Gasteiger partial charge in [-0.2, -0.15) is 0 Å². The molecule has 1 rings (SSSR count). The molecule has 0 radical (unpaired) electrons. The van der Waals surface area contributed by atoms with E-state index in [4.69, 9.17) is 0 Å². The quantitative estimate of drug-likeness (QED) is 0.802. The Morgan fingerprint density at radius 1 is 1.56 bits per heavy atom. The molecule has 1 heterocycles. The maximum absolute atomic E-state index is 11.5. The Balaban J connectivity index is 2.22. The summed E-state index contributed by atoms with van der Waals surface area (Å²) in [5.41, 5.74) is 0. The molecule has 0 aromatic heterocycles. The number of rotatable bonds is 5. The Labute approximate surface area is 114 Å². The van der Waals surface area contributed by atoms with Crippen molar-refractivity contribution in [1.82, 2.24) is 10.6 Å². The summed E-state index contributed by atoms with van der Waals surface area (Å²) in [7, 11) is 0. The summed E-state index contributed by atoms with van der Waals surface area (Å²) in [5, 5.41) is 7.26. The number of carbonyl (C=O) groups is 1. The maximum atomic E-state index is 11.5. The maximum Gasteiger partial charge on any atom is 0.221 e. The van der Waals surface area contributed by atoms with Crippen LogP contribution in [0.5, 0.6) is 0 Å². The first-order valence-corrected chi connectivity index (χ1v) is 7.68. The number of thioether (sulfide) groups is 1. The second kappa shape index (κ2) is 7.67. The molecule has 0 saturated carbocycles. The number of hydrogen-bond donors (Lipinski definition) is 2. The van der Waals surface area contributed by atoms with Gasteiger partial charge in [0.05, 0.1) is 6.54 Å². The molecule has 2 atom stereocenters. The van der Waals surface area contributed by atoms with Crippen LogP contribution in [0.4, 0.5) is 0 Å². The van der Waals surface area contributed by atoms with Crippen LogP contribution in [-0.2, 0) is 4.79 Å². The van der Waals surface area contributed by atoms with Gasteiger partial charge >= 0.3 is 0 Å². The summed E-state index contributed by atoms with van der Waals surface area (Å²) >= 11 is 1.75. The number of nitrogens with one attached hydrogen (secondary N) is 2. The molecule has 1 fully saturated rings. The Bertz CT molecular complexity index is 305. The van der Waals surface area contributed by atoms with Crippen LogP contribution >= 0.6 is 11.8 Å². The SMILES string of the molecule is CC(C)CNC(=O)CCN=C1NC(C)C(C)CS1. The molecule has 4 nitrogen and oxygen atoms in total. The Morgan fingerprint density at radius 3 is 2.89 bits per heavy atom. The predicted octanol–water partition coefficient (Wildman–Crippen LogP) is 1.87. The van der Waals surface area contributed by atoms with Crippen molar-refractivity contribution >= 4 is 22.8 Å². The first-order valence-electron chi connectivity index (χ1n) is 6.69. The number of amidine groups is 1. The molecule has 5 heteroatoms. The third-order valence-electron chi connectivity index (χ3n) is 2.99. The zero-order valence-electron chi connectivity index (χ0n) is 11.8. The molecule has 1 amide bonds. The zero-order valence-corrected chi connectivity index (χ0v) is 12.6. The Hall–Kier alpha value is -0.710. The lowest BCUT2D eigenvalue weighted by atomic mass is 10.1. The minimum atomic E-state index is 0.0928. The van der Waals surface area contributed by atoms with Gasteiger partial charge in [-0.05, 0) is 18.8 Å². The van der Waals surface area contributed by atoms with E-state index < -0.39 is 0 Å². The van der Waals surface area contributed by atoms with E-state index in [0.717, 1.165) is 17.5 Å². The number of hydrogen-bond acceptors (Lipinski definition) is 3. The highest BCUT2D eigenvalue weighted by atomic mass is 32.2. The van der Waals surface area contributed by atoms with Crippen LogP contribution in [0.2, 0.25) is 0 Å². The third kappa shape index (κ3) is 5.76. The standard InChI is InChI=1S/C13H25N3OS/c1-9(2)7-15-12(17)5-6-14-13-16-11(4)10(3)8-18-13/h9-11H,5-8H2,1-4H3,(H,14,16)(H,15,17). The lowest BCUT2D eigenvalue weighted by Gasteiger charge is -2.28. The van der Waals surface area contributed by atoms with E-state index in [9.17, 15) is 4.79 Å². The van der Waals surface area contributed by atoms with Crippen LogP contribution in [-0.4, -0.2) is 36.0 Å². The monoisotopic (exact) mass is 271 g/mol. The van der Waals surface area contributed by atoms with Gasteiger partial charge in [-0.3, -0.25) is 9.79 Å². The highest BCUT2D eigenvalue weighted by Gasteiger charge is 2.20. The topological polar surface area (TPSA) is 53.5 Å². The number of amides is 1. The van der Waals surface area contributed by atoms with Crippen molar-refractivity contribution in [2.24, 2.45) is 16.8 Å². The lowest BCUT2D eigenvalue weighted by Crippen LogP contribution is -2.41. The van der Waals surface area contributed by atoms with Crippen LogP contribution in [0.25, 0.3) is 0 Å². The zero-order chi connectivity index (χ0) is 13.5. The molecular weight excluding hydrogens is 246 g/mol. The van der Waals surface area contributed by atoms with Crippen LogP contribution < -0.4 is 10.6 Å². The second-order valence-corrected chi connectivity index (χ2v) is 6.36. The predicted molar refractivity (Wildman–Crippen MR) is 79.0 cm³/mol. The molecule has 104 valence electrons. The molecule has 1 saturated heterocycles. The van der Waals surface area contributed by atoms with Crippen molar-refractivity contribution in [2.45, 2.75) is 40.2 Å². The molecule has 0 bridgehead atoms. The van der Waals surface area contributed by atoms with E-state index in [2.05, 4.69) is 43.3 Å². The van der Waals surface area contributed by atoms with E-state index in [1.807, 2.05) is 0 Å². The number of carbonyl (C=O) groups excluding carboxylic acids is 1. The summed E-state index contributed by atoms with van der Waals surface area (Å²) in [4.78, 5) is 15.9. The average molecular weight is 271 g/mol. The van der Waals surface area contributed by atoms with Crippen LogP contribution in [0.1, 0.15) is 34.1 Å². The fraction of sp³-hybridized carbons (Fsp3) is 0.846. The van der Waals surface area contributed by atoms with Gasteiger partial charge < -0.3 is 10.6 Å². The van der Waals surface area contributed by atoms with E-state index in [1.54, 1.807) is 11.8 Å². The molecule has 0 spiro atoms. The summed E-state index contributed by atoms with van der Waals surface area (Å²) in [5.74, 6) is 2.36.